The lowest BCUT2D eigenvalue weighted by molar-refractivity contribution is 0.939. The number of hydrogen-bond acceptors (Lipinski definition) is 1. The van der Waals surface area contributed by atoms with Crippen molar-refractivity contribution in [3.8, 4) is 6.07 Å². The predicted octanol–water partition coefficient (Wildman–Crippen LogP) is 2.89. The smallest absolute Gasteiger partial charge is 0.0991 e. The molecule has 0 fully saturated rings. The predicted molar refractivity (Wildman–Crippen MR) is 53.3 cm³/mol. The maximum atomic E-state index is 8.55. The van der Waals surface area contributed by atoms with Gasteiger partial charge in [0, 0.05) is 5.33 Å². The average molecular weight is 224 g/mol. The van der Waals surface area contributed by atoms with Crippen LogP contribution in [0.1, 0.15) is 17.5 Å². The molecule has 62 valence electrons. The molecule has 0 heterocycles. The zero-order chi connectivity index (χ0) is 8.81. The highest BCUT2D eigenvalue weighted by Gasteiger charge is 1.92. The van der Waals surface area contributed by atoms with Gasteiger partial charge >= 0.3 is 0 Å². The number of aryl methyl sites for hydroxylation is 1. The summed E-state index contributed by atoms with van der Waals surface area (Å²) in [5.74, 6) is 0. The lowest BCUT2D eigenvalue weighted by Gasteiger charge is -1.97. The number of halogens is 1. The fourth-order valence-electron chi connectivity index (χ4n) is 1.02. The van der Waals surface area contributed by atoms with Crippen molar-refractivity contribution >= 4 is 15.9 Å². The van der Waals surface area contributed by atoms with E-state index in [1.165, 1.54) is 5.56 Å². The number of benzene rings is 1. The summed E-state index contributed by atoms with van der Waals surface area (Å²) in [4.78, 5) is 0. The van der Waals surface area contributed by atoms with Gasteiger partial charge < -0.3 is 0 Å². The highest BCUT2D eigenvalue weighted by atomic mass is 79.9. The molecule has 1 rings (SSSR count). The fraction of sp³-hybridized carbons (Fsp3) is 0.300. The number of hydrogen-bond donors (Lipinski definition) is 0. The van der Waals surface area contributed by atoms with Crippen molar-refractivity contribution in [2.45, 2.75) is 12.8 Å². The minimum Gasteiger partial charge on any atom is -0.192 e. The molecule has 0 bridgehead atoms. The number of rotatable bonds is 3. The van der Waals surface area contributed by atoms with Crippen LogP contribution in [-0.4, -0.2) is 5.33 Å². The molecular weight excluding hydrogens is 214 g/mol. The maximum absolute atomic E-state index is 8.55. The van der Waals surface area contributed by atoms with Crippen molar-refractivity contribution in [1.29, 1.82) is 5.26 Å². The van der Waals surface area contributed by atoms with Crippen molar-refractivity contribution in [2.24, 2.45) is 0 Å². The van der Waals surface area contributed by atoms with E-state index in [9.17, 15) is 0 Å². The third-order valence-electron chi connectivity index (χ3n) is 1.68. The topological polar surface area (TPSA) is 23.8 Å². The highest BCUT2D eigenvalue weighted by molar-refractivity contribution is 9.09. The molecule has 1 aromatic rings. The number of nitriles is 1. The molecule has 0 spiro atoms. The molecule has 0 aromatic heterocycles. The molecule has 0 N–H and O–H groups in total. The van der Waals surface area contributed by atoms with Gasteiger partial charge in [0.1, 0.15) is 0 Å². The zero-order valence-corrected chi connectivity index (χ0v) is 8.34. The molecule has 0 saturated heterocycles. The molecule has 0 aliphatic heterocycles. The van der Waals surface area contributed by atoms with Crippen molar-refractivity contribution < 1.29 is 0 Å². The Labute approximate surface area is 81.2 Å². The Kier molecular flexibility index (Phi) is 3.83. The first-order chi connectivity index (χ1) is 5.86. The summed E-state index contributed by atoms with van der Waals surface area (Å²) in [6, 6.07) is 9.86. The molecule has 0 atom stereocenters. The summed E-state index contributed by atoms with van der Waals surface area (Å²) in [7, 11) is 0. The van der Waals surface area contributed by atoms with Gasteiger partial charge in [-0.3, -0.25) is 0 Å². The molecule has 0 aliphatic carbocycles. The molecular formula is C10H10BrN. The fourth-order valence-corrected chi connectivity index (χ4v) is 1.30. The van der Waals surface area contributed by atoms with E-state index < -0.39 is 0 Å². The summed E-state index contributed by atoms with van der Waals surface area (Å²) >= 11 is 3.38. The molecule has 1 nitrogen and oxygen atoms in total. The van der Waals surface area contributed by atoms with Crippen LogP contribution in [0.15, 0.2) is 24.3 Å². The quantitative estimate of drug-likeness (QED) is 0.724. The van der Waals surface area contributed by atoms with Crippen LogP contribution in [0.3, 0.4) is 0 Å². The summed E-state index contributed by atoms with van der Waals surface area (Å²) in [6.07, 6.45) is 2.23. The SMILES string of the molecule is N#Cc1ccc(CCCBr)cc1. The van der Waals surface area contributed by atoms with Crippen LogP contribution in [0.5, 0.6) is 0 Å². The van der Waals surface area contributed by atoms with Crippen LogP contribution >= 0.6 is 15.9 Å². The summed E-state index contributed by atoms with van der Waals surface area (Å²) in [6.45, 7) is 0. The minimum atomic E-state index is 0.734. The second-order valence-electron chi connectivity index (χ2n) is 2.60. The van der Waals surface area contributed by atoms with Gasteiger partial charge in [0.25, 0.3) is 0 Å². The van der Waals surface area contributed by atoms with E-state index in [-0.39, 0.29) is 0 Å². The van der Waals surface area contributed by atoms with Crippen LogP contribution in [-0.2, 0) is 6.42 Å². The van der Waals surface area contributed by atoms with E-state index in [2.05, 4.69) is 22.0 Å². The van der Waals surface area contributed by atoms with E-state index in [0.29, 0.717) is 0 Å². The van der Waals surface area contributed by atoms with E-state index in [4.69, 9.17) is 5.26 Å². The Morgan fingerprint density at radius 3 is 2.42 bits per heavy atom. The van der Waals surface area contributed by atoms with Gasteiger partial charge in [0.2, 0.25) is 0 Å². The van der Waals surface area contributed by atoms with Crippen molar-refractivity contribution in [1.82, 2.24) is 0 Å². The molecule has 12 heavy (non-hydrogen) atoms. The molecule has 0 unspecified atom stereocenters. The first-order valence-electron chi connectivity index (χ1n) is 3.92. The van der Waals surface area contributed by atoms with Gasteiger partial charge in [-0.1, -0.05) is 28.1 Å². The first-order valence-corrected chi connectivity index (χ1v) is 5.04. The Balaban J connectivity index is 2.60. The third-order valence-corrected chi connectivity index (χ3v) is 2.24. The lowest BCUT2D eigenvalue weighted by Crippen LogP contribution is -1.85. The molecule has 1 aromatic carbocycles. The highest BCUT2D eigenvalue weighted by Crippen LogP contribution is 2.06. The zero-order valence-electron chi connectivity index (χ0n) is 6.76. The van der Waals surface area contributed by atoms with Gasteiger partial charge in [0.05, 0.1) is 11.6 Å². The van der Waals surface area contributed by atoms with Gasteiger partial charge in [-0.2, -0.15) is 5.26 Å². The van der Waals surface area contributed by atoms with Crippen LogP contribution < -0.4 is 0 Å². The largest absolute Gasteiger partial charge is 0.192 e. The van der Waals surface area contributed by atoms with E-state index >= 15 is 0 Å². The average Bonchev–Trinajstić information content (AvgIpc) is 2.15. The standard InChI is InChI=1S/C10H10BrN/c11-7-1-2-9-3-5-10(8-12)6-4-9/h3-6H,1-2,7H2. The Morgan fingerprint density at radius 1 is 1.25 bits per heavy atom. The van der Waals surface area contributed by atoms with E-state index in [0.717, 1.165) is 23.7 Å². The van der Waals surface area contributed by atoms with Crippen LogP contribution in [0.4, 0.5) is 0 Å². The monoisotopic (exact) mass is 223 g/mol. The van der Waals surface area contributed by atoms with Crippen molar-refractivity contribution in [2.75, 3.05) is 5.33 Å². The summed E-state index contributed by atoms with van der Waals surface area (Å²) in [5.41, 5.74) is 2.03. The van der Waals surface area contributed by atoms with Crippen molar-refractivity contribution in [3.63, 3.8) is 0 Å². The van der Waals surface area contributed by atoms with Crippen LogP contribution in [0.25, 0.3) is 0 Å². The van der Waals surface area contributed by atoms with E-state index in [1.807, 2.05) is 24.3 Å². The van der Waals surface area contributed by atoms with Crippen LogP contribution in [0, 0.1) is 11.3 Å². The molecule has 2 heteroatoms. The molecule has 0 radical (unpaired) electrons. The first kappa shape index (κ1) is 9.28. The Hall–Kier alpha value is -0.810. The van der Waals surface area contributed by atoms with Gasteiger partial charge in [-0.25, -0.2) is 0 Å². The number of alkyl halides is 1. The molecule has 0 saturated carbocycles. The van der Waals surface area contributed by atoms with Crippen LogP contribution in [0.2, 0.25) is 0 Å². The Morgan fingerprint density at radius 2 is 1.92 bits per heavy atom. The third kappa shape index (κ3) is 2.67. The van der Waals surface area contributed by atoms with Crippen molar-refractivity contribution in [3.05, 3.63) is 35.4 Å². The summed E-state index contributed by atoms with van der Waals surface area (Å²) in [5, 5.41) is 9.58. The lowest BCUT2D eigenvalue weighted by atomic mass is 10.1. The van der Waals surface area contributed by atoms with Gasteiger partial charge in [0.15, 0.2) is 0 Å². The normalized spacial score (nSPS) is 9.33. The molecule has 0 amide bonds. The minimum absolute atomic E-state index is 0.734. The van der Waals surface area contributed by atoms with Gasteiger partial charge in [-0.15, -0.1) is 0 Å². The second-order valence-corrected chi connectivity index (χ2v) is 3.39. The molecule has 0 aliphatic rings. The second kappa shape index (κ2) is 4.95. The van der Waals surface area contributed by atoms with Gasteiger partial charge in [-0.05, 0) is 30.5 Å². The maximum Gasteiger partial charge on any atom is 0.0991 e. The summed E-state index contributed by atoms with van der Waals surface area (Å²) < 4.78 is 0. The number of nitrogens with zero attached hydrogens (tertiary/aromatic N) is 1. The van der Waals surface area contributed by atoms with E-state index in [1.54, 1.807) is 0 Å². The Bertz CT molecular complexity index is 271.